The third kappa shape index (κ3) is 1.54. The number of nitrogens with two attached hydrogens (primary N) is 1. The van der Waals surface area contributed by atoms with E-state index in [1.807, 2.05) is 0 Å². The summed E-state index contributed by atoms with van der Waals surface area (Å²) in [5, 5.41) is 2.93. The quantitative estimate of drug-likeness (QED) is 0.408. The number of hydrogen-bond acceptors (Lipinski definition) is 3. The smallest absolute Gasteiger partial charge is 0.338 e. The van der Waals surface area contributed by atoms with Crippen molar-refractivity contribution < 1.29 is 4.79 Å². The van der Waals surface area contributed by atoms with Gasteiger partial charge in [-0.15, -0.1) is 4.91 Å². The minimum atomic E-state index is -1.05. The Labute approximate surface area is 72.4 Å². The molecule has 0 radical (unpaired) electrons. The number of hydrogen-bond donors (Lipinski definition) is 1. The molecule has 7 heteroatoms. The highest BCUT2D eigenvalue weighted by Crippen LogP contribution is 2.50. The Hall–Kier alpha value is -0.550. The topological polar surface area (TPSA) is 75.8 Å². The Bertz CT molecular complexity index is 208. The molecule has 2 N–H and O–H groups in total. The molecular formula is C4H5Cl2N3O2. The standard InChI is InChI=1S/C4H5Cl2N3O2/c5-4(6)1-2(4)9(8-11)3(7)10/h2H,1H2,(H2,7,10). The van der Waals surface area contributed by atoms with Crippen molar-refractivity contribution in [1.82, 2.24) is 5.01 Å². The summed E-state index contributed by atoms with van der Waals surface area (Å²) in [6.45, 7) is 0. The second-order valence-corrected chi connectivity index (χ2v) is 3.79. The van der Waals surface area contributed by atoms with Crippen LogP contribution in [0.4, 0.5) is 4.79 Å². The fourth-order valence-corrected chi connectivity index (χ4v) is 1.19. The van der Waals surface area contributed by atoms with E-state index >= 15 is 0 Å². The zero-order valence-electron chi connectivity index (χ0n) is 5.33. The van der Waals surface area contributed by atoms with Gasteiger partial charge in [0.2, 0.25) is 0 Å². The van der Waals surface area contributed by atoms with Gasteiger partial charge in [0.15, 0.2) is 0 Å². The van der Waals surface area contributed by atoms with Crippen molar-refractivity contribution in [2.24, 2.45) is 11.0 Å². The van der Waals surface area contributed by atoms with Crippen LogP contribution in [0.25, 0.3) is 0 Å². The van der Waals surface area contributed by atoms with E-state index in [-0.39, 0.29) is 0 Å². The lowest BCUT2D eigenvalue weighted by Crippen LogP contribution is -2.34. The summed E-state index contributed by atoms with van der Waals surface area (Å²) in [6.07, 6.45) is 0.324. The lowest BCUT2D eigenvalue weighted by atomic mass is 10.7. The molecule has 1 aliphatic rings. The van der Waals surface area contributed by atoms with Crippen molar-refractivity contribution in [2.45, 2.75) is 16.8 Å². The van der Waals surface area contributed by atoms with Crippen molar-refractivity contribution in [3.63, 3.8) is 0 Å². The molecule has 0 bridgehead atoms. The van der Waals surface area contributed by atoms with Crippen LogP contribution in [0.1, 0.15) is 6.42 Å². The second-order valence-electron chi connectivity index (χ2n) is 2.25. The Kier molecular flexibility index (Phi) is 1.94. The molecule has 0 spiro atoms. The summed E-state index contributed by atoms with van der Waals surface area (Å²) in [6, 6.07) is -1.51. The lowest BCUT2D eigenvalue weighted by Gasteiger charge is -2.08. The van der Waals surface area contributed by atoms with Gasteiger partial charge in [-0.1, -0.05) is 23.2 Å². The molecule has 5 nitrogen and oxygen atoms in total. The molecule has 0 aliphatic heterocycles. The largest absolute Gasteiger partial charge is 0.350 e. The molecule has 11 heavy (non-hydrogen) atoms. The first kappa shape index (κ1) is 8.55. The molecule has 1 saturated carbocycles. The van der Waals surface area contributed by atoms with Crippen LogP contribution in [0.3, 0.4) is 0 Å². The third-order valence-electron chi connectivity index (χ3n) is 1.40. The number of primary amides is 1. The molecule has 1 fully saturated rings. The molecule has 1 aliphatic carbocycles. The summed E-state index contributed by atoms with van der Waals surface area (Å²) < 4.78 is -1.05. The number of carbonyl (C=O) groups excluding carboxylic acids is 1. The summed E-state index contributed by atoms with van der Waals surface area (Å²) in [7, 11) is 0. The zero-order chi connectivity index (χ0) is 8.65. The molecule has 0 aromatic rings. The van der Waals surface area contributed by atoms with Gasteiger partial charge in [-0.2, -0.15) is 5.01 Å². The maximum atomic E-state index is 10.4. The maximum Gasteiger partial charge on any atom is 0.338 e. The van der Waals surface area contributed by atoms with E-state index in [0.29, 0.717) is 11.4 Å². The van der Waals surface area contributed by atoms with Crippen molar-refractivity contribution in [1.29, 1.82) is 0 Å². The van der Waals surface area contributed by atoms with Gasteiger partial charge in [0.05, 0.1) is 11.3 Å². The first-order valence-corrected chi connectivity index (χ1v) is 3.54. The fraction of sp³-hybridized carbons (Fsp3) is 0.750. The maximum absolute atomic E-state index is 10.4. The van der Waals surface area contributed by atoms with Crippen LogP contribution < -0.4 is 5.73 Å². The van der Waals surface area contributed by atoms with E-state index in [1.165, 1.54) is 0 Å². The average molecular weight is 198 g/mol. The molecule has 2 amide bonds. The van der Waals surface area contributed by atoms with E-state index in [9.17, 15) is 9.70 Å². The van der Waals surface area contributed by atoms with Crippen molar-refractivity contribution in [3.8, 4) is 0 Å². The Morgan fingerprint density at radius 3 is 2.27 bits per heavy atom. The molecule has 1 rings (SSSR count). The number of carbonyl (C=O) groups is 1. The van der Waals surface area contributed by atoms with Crippen molar-refractivity contribution >= 4 is 29.2 Å². The predicted molar refractivity (Wildman–Crippen MR) is 40.1 cm³/mol. The fourth-order valence-electron chi connectivity index (χ4n) is 0.715. The highest BCUT2D eigenvalue weighted by atomic mass is 35.5. The number of amides is 2. The highest BCUT2D eigenvalue weighted by Gasteiger charge is 2.57. The summed E-state index contributed by atoms with van der Waals surface area (Å²) in [5.41, 5.74) is 4.79. The third-order valence-corrected chi connectivity index (χ3v) is 2.21. The molecule has 62 valence electrons. The van der Waals surface area contributed by atoms with Crippen LogP contribution in [0.5, 0.6) is 0 Å². The van der Waals surface area contributed by atoms with Crippen LogP contribution in [0.15, 0.2) is 5.29 Å². The average Bonchev–Trinajstić information content (AvgIpc) is 2.41. The number of nitroso groups, excluding NO2 is 1. The SMILES string of the molecule is NC(=O)N(N=O)C1CC1(Cl)Cl. The van der Waals surface area contributed by atoms with E-state index in [1.54, 1.807) is 0 Å². The highest BCUT2D eigenvalue weighted by molar-refractivity contribution is 6.51. The first-order chi connectivity index (χ1) is 4.99. The van der Waals surface area contributed by atoms with Gasteiger partial charge >= 0.3 is 6.03 Å². The van der Waals surface area contributed by atoms with E-state index < -0.39 is 16.4 Å². The minimum absolute atomic E-state index is 0.324. The number of halogens is 2. The van der Waals surface area contributed by atoms with Gasteiger partial charge < -0.3 is 5.73 Å². The summed E-state index contributed by atoms with van der Waals surface area (Å²) in [4.78, 5) is 20.4. The normalized spacial score (nSPS) is 25.8. The number of nitrogens with zero attached hydrogens (tertiary/aromatic N) is 2. The monoisotopic (exact) mass is 197 g/mol. The van der Waals surface area contributed by atoms with Gasteiger partial charge in [-0.25, -0.2) is 4.79 Å². The van der Waals surface area contributed by atoms with E-state index in [4.69, 9.17) is 28.9 Å². The molecule has 1 unspecified atom stereocenters. The molecule has 0 saturated heterocycles. The Balaban J connectivity index is 2.60. The van der Waals surface area contributed by atoms with Crippen LogP contribution in [0.2, 0.25) is 0 Å². The number of urea groups is 1. The number of rotatable bonds is 2. The molecular weight excluding hydrogens is 193 g/mol. The Morgan fingerprint density at radius 1 is 1.73 bits per heavy atom. The van der Waals surface area contributed by atoms with Gasteiger partial charge in [-0.3, -0.25) is 0 Å². The summed E-state index contributed by atoms with van der Waals surface area (Å²) >= 11 is 11.1. The Morgan fingerprint density at radius 2 is 2.18 bits per heavy atom. The van der Waals surface area contributed by atoms with Crippen LogP contribution in [-0.2, 0) is 0 Å². The van der Waals surface area contributed by atoms with Crippen LogP contribution in [0, 0.1) is 4.91 Å². The van der Waals surface area contributed by atoms with Gasteiger partial charge in [0, 0.05) is 6.42 Å². The van der Waals surface area contributed by atoms with Crippen molar-refractivity contribution in [3.05, 3.63) is 4.91 Å². The summed E-state index contributed by atoms with van der Waals surface area (Å²) in [5.74, 6) is 0. The first-order valence-electron chi connectivity index (χ1n) is 2.79. The van der Waals surface area contributed by atoms with E-state index in [0.717, 1.165) is 0 Å². The molecule has 0 aromatic heterocycles. The number of alkyl halides is 2. The van der Waals surface area contributed by atoms with Crippen LogP contribution in [-0.4, -0.2) is 21.4 Å². The lowest BCUT2D eigenvalue weighted by molar-refractivity contribution is 0.206. The van der Waals surface area contributed by atoms with Gasteiger partial charge in [0.1, 0.15) is 4.33 Å². The molecule has 1 atom stereocenters. The molecule has 0 aromatic carbocycles. The second kappa shape index (κ2) is 2.49. The zero-order valence-corrected chi connectivity index (χ0v) is 6.84. The van der Waals surface area contributed by atoms with Crippen LogP contribution >= 0.6 is 23.2 Å². The predicted octanol–water partition coefficient (Wildman–Crippen LogP) is 0.995. The minimum Gasteiger partial charge on any atom is -0.350 e. The molecule has 0 heterocycles. The van der Waals surface area contributed by atoms with E-state index in [2.05, 4.69) is 5.29 Å². The van der Waals surface area contributed by atoms with Crippen molar-refractivity contribution in [2.75, 3.05) is 0 Å². The van der Waals surface area contributed by atoms with Gasteiger partial charge in [0.25, 0.3) is 0 Å². The van der Waals surface area contributed by atoms with Gasteiger partial charge in [-0.05, 0) is 0 Å².